The van der Waals surface area contributed by atoms with Crippen molar-refractivity contribution in [3.8, 4) is 0 Å². The molecule has 0 bridgehead atoms. The first kappa shape index (κ1) is 14.0. The maximum Gasteiger partial charge on any atom is 0.0629 e. The zero-order valence-electron chi connectivity index (χ0n) is 12.1. The Kier molecular flexibility index (Phi) is 4.54. The Morgan fingerprint density at radius 1 is 1.37 bits per heavy atom. The van der Waals surface area contributed by atoms with E-state index in [9.17, 15) is 0 Å². The molecule has 1 aliphatic rings. The Morgan fingerprint density at radius 2 is 2.11 bits per heavy atom. The maximum absolute atomic E-state index is 6.15. The summed E-state index contributed by atoms with van der Waals surface area (Å²) in [5.41, 5.74) is 12.0. The molecule has 2 heteroatoms. The molecule has 0 saturated carbocycles. The molecular weight excluding hydrogens is 232 g/mol. The minimum absolute atomic E-state index is 0.205. The van der Waals surface area contributed by atoms with Gasteiger partial charge in [-0.25, -0.2) is 0 Å². The van der Waals surface area contributed by atoms with Crippen LogP contribution in [0.4, 0.5) is 0 Å². The number of aryl methyl sites for hydroxylation is 1. The Morgan fingerprint density at radius 3 is 2.79 bits per heavy atom. The summed E-state index contributed by atoms with van der Waals surface area (Å²) in [5.74, 6) is 0. The summed E-state index contributed by atoms with van der Waals surface area (Å²) < 4.78 is 0. The fraction of sp³-hybridized carbons (Fsp3) is 0.471. The number of hydrogen-bond donors (Lipinski definition) is 1. The standard InChI is InChI=1S/C17H24N2/c1-4-15(5-2)19-12(3)13-9-10-16-14(11-13)7-6-8-17(16)18/h9-11,17H,3-8,18H2,1-2H3. The van der Waals surface area contributed by atoms with Gasteiger partial charge in [-0.15, -0.1) is 0 Å². The van der Waals surface area contributed by atoms with Crippen molar-refractivity contribution in [2.24, 2.45) is 10.7 Å². The number of hydrogen-bond acceptors (Lipinski definition) is 2. The third-order valence-corrected chi connectivity index (χ3v) is 3.95. The third-order valence-electron chi connectivity index (χ3n) is 3.95. The van der Waals surface area contributed by atoms with E-state index in [0.29, 0.717) is 0 Å². The van der Waals surface area contributed by atoms with E-state index in [1.54, 1.807) is 0 Å². The molecule has 0 aliphatic heterocycles. The summed E-state index contributed by atoms with van der Waals surface area (Å²) in [4.78, 5) is 4.64. The van der Waals surface area contributed by atoms with Gasteiger partial charge in [0.25, 0.3) is 0 Å². The minimum atomic E-state index is 0.205. The molecule has 2 rings (SSSR count). The number of nitrogens with zero attached hydrogens (tertiary/aromatic N) is 1. The van der Waals surface area contributed by atoms with Crippen LogP contribution in [0.15, 0.2) is 29.8 Å². The van der Waals surface area contributed by atoms with Gasteiger partial charge in [0.2, 0.25) is 0 Å². The van der Waals surface area contributed by atoms with Gasteiger partial charge in [-0.05, 0) is 54.9 Å². The second-order valence-corrected chi connectivity index (χ2v) is 5.24. The molecule has 2 nitrogen and oxygen atoms in total. The van der Waals surface area contributed by atoms with E-state index < -0.39 is 0 Å². The summed E-state index contributed by atoms with van der Waals surface area (Å²) in [6.45, 7) is 8.39. The molecule has 1 aliphatic carbocycles. The van der Waals surface area contributed by atoms with Gasteiger partial charge in [-0.2, -0.15) is 0 Å². The zero-order valence-corrected chi connectivity index (χ0v) is 12.1. The molecular formula is C17H24N2. The van der Waals surface area contributed by atoms with E-state index in [0.717, 1.165) is 36.9 Å². The second-order valence-electron chi connectivity index (χ2n) is 5.24. The zero-order chi connectivity index (χ0) is 13.8. The van der Waals surface area contributed by atoms with Crippen molar-refractivity contribution < 1.29 is 0 Å². The first-order valence-electron chi connectivity index (χ1n) is 7.29. The highest BCUT2D eigenvalue weighted by atomic mass is 14.8. The Hall–Kier alpha value is -1.41. The van der Waals surface area contributed by atoms with E-state index in [4.69, 9.17) is 5.73 Å². The van der Waals surface area contributed by atoms with Crippen LogP contribution in [-0.2, 0) is 6.42 Å². The molecule has 0 spiro atoms. The molecule has 1 aromatic carbocycles. The molecule has 1 unspecified atom stereocenters. The normalized spacial score (nSPS) is 17.7. The summed E-state index contributed by atoms with van der Waals surface area (Å²) in [7, 11) is 0. The molecule has 0 heterocycles. The van der Waals surface area contributed by atoms with Crippen molar-refractivity contribution in [1.29, 1.82) is 0 Å². The van der Waals surface area contributed by atoms with E-state index in [-0.39, 0.29) is 6.04 Å². The smallest absolute Gasteiger partial charge is 0.0629 e. The quantitative estimate of drug-likeness (QED) is 0.803. The Labute approximate surface area is 116 Å². The number of nitrogens with two attached hydrogens (primary N) is 1. The first-order valence-corrected chi connectivity index (χ1v) is 7.29. The van der Waals surface area contributed by atoms with Gasteiger partial charge in [0, 0.05) is 11.8 Å². The molecule has 0 radical (unpaired) electrons. The van der Waals surface area contributed by atoms with Crippen molar-refractivity contribution >= 4 is 11.4 Å². The lowest BCUT2D eigenvalue weighted by Gasteiger charge is -2.22. The monoisotopic (exact) mass is 256 g/mol. The van der Waals surface area contributed by atoms with Crippen molar-refractivity contribution in [1.82, 2.24) is 0 Å². The highest BCUT2D eigenvalue weighted by molar-refractivity contribution is 5.89. The summed E-state index contributed by atoms with van der Waals surface area (Å²) in [6, 6.07) is 6.70. The average molecular weight is 256 g/mol. The van der Waals surface area contributed by atoms with Crippen LogP contribution in [0.1, 0.15) is 62.3 Å². The summed E-state index contributed by atoms with van der Waals surface area (Å²) in [5, 5.41) is 0. The van der Waals surface area contributed by atoms with Crippen LogP contribution in [-0.4, -0.2) is 5.71 Å². The molecule has 0 aromatic heterocycles. The molecule has 1 aromatic rings. The first-order chi connectivity index (χ1) is 9.15. The number of fused-ring (bicyclic) bond motifs is 1. The molecule has 2 N–H and O–H groups in total. The van der Waals surface area contributed by atoms with Gasteiger partial charge in [0.1, 0.15) is 0 Å². The maximum atomic E-state index is 6.15. The van der Waals surface area contributed by atoms with Crippen LogP contribution in [0, 0.1) is 0 Å². The Bertz CT molecular complexity index is 494. The molecule has 102 valence electrons. The van der Waals surface area contributed by atoms with E-state index in [1.165, 1.54) is 23.3 Å². The minimum Gasteiger partial charge on any atom is -0.324 e. The molecule has 0 amide bonds. The fourth-order valence-electron chi connectivity index (χ4n) is 2.69. The molecule has 0 fully saturated rings. The van der Waals surface area contributed by atoms with Crippen LogP contribution < -0.4 is 5.73 Å². The largest absolute Gasteiger partial charge is 0.324 e. The summed E-state index contributed by atoms with van der Waals surface area (Å²) in [6.07, 6.45) is 5.39. The molecule has 0 saturated heterocycles. The van der Waals surface area contributed by atoms with E-state index in [2.05, 4.69) is 43.6 Å². The lowest BCUT2D eigenvalue weighted by atomic mass is 9.87. The van der Waals surface area contributed by atoms with Crippen molar-refractivity contribution in [3.05, 3.63) is 41.5 Å². The predicted molar refractivity (Wildman–Crippen MR) is 83.4 cm³/mol. The number of rotatable bonds is 4. The fourth-order valence-corrected chi connectivity index (χ4v) is 2.69. The van der Waals surface area contributed by atoms with Gasteiger partial charge < -0.3 is 5.73 Å². The molecule has 19 heavy (non-hydrogen) atoms. The SMILES string of the molecule is C=C(N=C(CC)CC)c1ccc2c(c1)CCCC2N. The van der Waals surface area contributed by atoms with Crippen molar-refractivity contribution in [2.75, 3.05) is 0 Å². The van der Waals surface area contributed by atoms with Gasteiger partial charge in [-0.3, -0.25) is 4.99 Å². The second kappa shape index (κ2) is 6.16. The predicted octanol–water partition coefficient (Wildman–Crippen LogP) is 4.25. The van der Waals surface area contributed by atoms with Crippen LogP contribution in [0.3, 0.4) is 0 Å². The number of benzene rings is 1. The van der Waals surface area contributed by atoms with Crippen molar-refractivity contribution in [2.45, 2.75) is 52.0 Å². The van der Waals surface area contributed by atoms with Gasteiger partial charge in [0.15, 0.2) is 0 Å². The van der Waals surface area contributed by atoms with Gasteiger partial charge >= 0.3 is 0 Å². The van der Waals surface area contributed by atoms with Crippen molar-refractivity contribution in [3.63, 3.8) is 0 Å². The lowest BCUT2D eigenvalue weighted by Crippen LogP contribution is -2.17. The third kappa shape index (κ3) is 3.13. The summed E-state index contributed by atoms with van der Waals surface area (Å²) >= 11 is 0. The average Bonchev–Trinajstić information content (AvgIpc) is 2.44. The van der Waals surface area contributed by atoms with Crippen LogP contribution >= 0.6 is 0 Å². The van der Waals surface area contributed by atoms with Crippen LogP contribution in [0.5, 0.6) is 0 Å². The van der Waals surface area contributed by atoms with Crippen LogP contribution in [0.25, 0.3) is 5.70 Å². The molecule has 1 atom stereocenters. The lowest BCUT2D eigenvalue weighted by molar-refractivity contribution is 0.570. The van der Waals surface area contributed by atoms with E-state index >= 15 is 0 Å². The van der Waals surface area contributed by atoms with E-state index in [1.807, 2.05) is 0 Å². The van der Waals surface area contributed by atoms with Gasteiger partial charge in [0.05, 0.1) is 5.70 Å². The number of aliphatic imine (C=N–C) groups is 1. The van der Waals surface area contributed by atoms with Gasteiger partial charge in [-0.1, -0.05) is 32.6 Å². The Balaban J connectivity index is 2.27. The highest BCUT2D eigenvalue weighted by Crippen LogP contribution is 2.30. The topological polar surface area (TPSA) is 38.4 Å². The highest BCUT2D eigenvalue weighted by Gasteiger charge is 2.17. The van der Waals surface area contributed by atoms with Crippen LogP contribution in [0.2, 0.25) is 0 Å².